The maximum atomic E-state index is 12.0. The minimum atomic E-state index is -0.0322. The van der Waals surface area contributed by atoms with E-state index in [0.29, 0.717) is 19.1 Å². The molecule has 6 heteroatoms. The molecule has 2 aromatic heterocycles. The van der Waals surface area contributed by atoms with Crippen LogP contribution in [0.25, 0.3) is 4.96 Å². The van der Waals surface area contributed by atoms with Crippen LogP contribution in [0.1, 0.15) is 24.1 Å². The van der Waals surface area contributed by atoms with Gasteiger partial charge in [-0.25, -0.2) is 4.98 Å². The summed E-state index contributed by atoms with van der Waals surface area (Å²) < 4.78 is 7.31. The molecule has 5 nitrogen and oxygen atoms in total. The van der Waals surface area contributed by atoms with E-state index < -0.39 is 0 Å². The number of para-hydroxylation sites is 1. The molecule has 0 amide bonds. The van der Waals surface area contributed by atoms with Crippen LogP contribution in [0.5, 0.6) is 5.75 Å². The normalized spacial score (nSPS) is 17.9. The number of rotatable bonds is 4. The minimum Gasteiger partial charge on any atom is -0.493 e. The zero-order valence-electron chi connectivity index (χ0n) is 12.7. The van der Waals surface area contributed by atoms with Gasteiger partial charge in [0.2, 0.25) is 0 Å². The highest BCUT2D eigenvalue weighted by Crippen LogP contribution is 2.35. The highest BCUT2D eigenvalue weighted by atomic mass is 32.1. The van der Waals surface area contributed by atoms with E-state index in [1.54, 1.807) is 16.7 Å². The van der Waals surface area contributed by atoms with Crippen molar-refractivity contribution in [1.82, 2.24) is 14.7 Å². The summed E-state index contributed by atoms with van der Waals surface area (Å²) in [7, 11) is 0. The summed E-state index contributed by atoms with van der Waals surface area (Å²) in [6, 6.07) is 10.00. The molecule has 0 aliphatic carbocycles. The highest BCUT2D eigenvalue weighted by Gasteiger charge is 2.28. The van der Waals surface area contributed by atoms with Gasteiger partial charge in [0.25, 0.3) is 5.56 Å². The monoisotopic (exact) mass is 327 g/mol. The Labute approximate surface area is 137 Å². The lowest BCUT2D eigenvalue weighted by molar-refractivity contribution is 0.303. The number of aromatic nitrogens is 2. The third-order valence-electron chi connectivity index (χ3n) is 4.30. The topological polar surface area (TPSA) is 55.6 Å². The second-order valence-corrected chi connectivity index (χ2v) is 6.64. The number of benzene rings is 1. The van der Waals surface area contributed by atoms with Crippen LogP contribution in [0.3, 0.4) is 0 Å². The van der Waals surface area contributed by atoms with E-state index in [4.69, 9.17) is 4.74 Å². The largest absolute Gasteiger partial charge is 0.493 e. The number of fused-ring (bicyclic) bond motifs is 2. The molecule has 1 aliphatic heterocycles. The van der Waals surface area contributed by atoms with Crippen LogP contribution in [-0.4, -0.2) is 22.0 Å². The average molecular weight is 327 g/mol. The van der Waals surface area contributed by atoms with Crippen molar-refractivity contribution in [2.45, 2.75) is 25.4 Å². The number of nitrogens with one attached hydrogen (secondary N) is 1. The van der Waals surface area contributed by atoms with Gasteiger partial charge in [0.05, 0.1) is 12.3 Å². The Bertz CT molecular complexity index is 902. The van der Waals surface area contributed by atoms with Crippen molar-refractivity contribution in [2.24, 2.45) is 0 Å². The minimum absolute atomic E-state index is 0.0322. The first-order chi connectivity index (χ1) is 11.2. The fraction of sp³-hybridized carbons (Fsp3) is 0.294. The van der Waals surface area contributed by atoms with Crippen LogP contribution in [0.2, 0.25) is 0 Å². The Kier molecular flexibility index (Phi) is 3.63. The first-order valence-electron chi connectivity index (χ1n) is 7.63. The van der Waals surface area contributed by atoms with Gasteiger partial charge in [-0.1, -0.05) is 18.2 Å². The second kappa shape index (κ2) is 5.79. The Morgan fingerprint density at radius 2 is 2.35 bits per heavy atom. The molecule has 1 N–H and O–H groups in total. The molecule has 0 fully saturated rings. The number of hydrogen-bond acceptors (Lipinski definition) is 5. The molecule has 23 heavy (non-hydrogen) atoms. The van der Waals surface area contributed by atoms with E-state index in [0.717, 1.165) is 16.4 Å². The van der Waals surface area contributed by atoms with Gasteiger partial charge in [0.15, 0.2) is 4.96 Å². The standard InChI is InChI=1S/C17H17N3O2S/c1-11(14-10-22-15-5-3-2-4-13(14)15)18-9-12-8-16(21)20-6-7-23-17(20)19-12/h2-8,11,14,18H,9-10H2,1H3/t11-,14-/m0/s1. The van der Waals surface area contributed by atoms with Crippen molar-refractivity contribution in [3.8, 4) is 5.75 Å². The molecule has 0 saturated heterocycles. The van der Waals surface area contributed by atoms with Crippen LogP contribution in [0, 0.1) is 0 Å². The van der Waals surface area contributed by atoms with Gasteiger partial charge in [-0.15, -0.1) is 11.3 Å². The maximum absolute atomic E-state index is 12.0. The summed E-state index contributed by atoms with van der Waals surface area (Å²) in [4.78, 5) is 17.3. The van der Waals surface area contributed by atoms with Gasteiger partial charge in [0.1, 0.15) is 5.75 Å². The van der Waals surface area contributed by atoms with E-state index in [9.17, 15) is 4.79 Å². The van der Waals surface area contributed by atoms with Crippen LogP contribution in [0.15, 0.2) is 46.7 Å². The molecule has 1 aromatic carbocycles. The molecular formula is C17H17N3O2S. The van der Waals surface area contributed by atoms with Gasteiger partial charge in [0, 0.05) is 41.7 Å². The smallest absolute Gasteiger partial charge is 0.258 e. The first-order valence-corrected chi connectivity index (χ1v) is 8.51. The lowest BCUT2D eigenvalue weighted by Crippen LogP contribution is -2.33. The molecule has 0 spiro atoms. The number of hydrogen-bond donors (Lipinski definition) is 1. The molecule has 118 valence electrons. The Morgan fingerprint density at radius 1 is 1.48 bits per heavy atom. The van der Waals surface area contributed by atoms with Crippen molar-refractivity contribution in [3.63, 3.8) is 0 Å². The first kappa shape index (κ1) is 14.4. The quantitative estimate of drug-likeness (QED) is 0.799. The lowest BCUT2D eigenvalue weighted by Gasteiger charge is -2.19. The third-order valence-corrected chi connectivity index (χ3v) is 5.06. The van der Waals surface area contributed by atoms with Crippen LogP contribution >= 0.6 is 11.3 Å². The predicted molar refractivity (Wildman–Crippen MR) is 90.3 cm³/mol. The molecule has 0 radical (unpaired) electrons. The van der Waals surface area contributed by atoms with E-state index in [2.05, 4.69) is 23.3 Å². The van der Waals surface area contributed by atoms with Crippen LogP contribution in [-0.2, 0) is 6.54 Å². The molecule has 4 rings (SSSR count). The van der Waals surface area contributed by atoms with Crippen molar-refractivity contribution < 1.29 is 4.74 Å². The number of nitrogens with zero attached hydrogens (tertiary/aromatic N) is 2. The van der Waals surface area contributed by atoms with Gasteiger partial charge in [-0.2, -0.15) is 0 Å². The molecular weight excluding hydrogens is 310 g/mol. The number of ether oxygens (including phenoxy) is 1. The summed E-state index contributed by atoms with van der Waals surface area (Å²) in [5, 5.41) is 5.35. The highest BCUT2D eigenvalue weighted by molar-refractivity contribution is 7.15. The molecule has 0 saturated carbocycles. The Hall–Kier alpha value is -2.18. The van der Waals surface area contributed by atoms with Gasteiger partial charge in [-0.3, -0.25) is 9.20 Å². The van der Waals surface area contributed by atoms with Crippen molar-refractivity contribution in [1.29, 1.82) is 0 Å². The number of thiazole rings is 1. The van der Waals surface area contributed by atoms with Crippen molar-refractivity contribution in [2.75, 3.05) is 6.61 Å². The Balaban J connectivity index is 1.49. The Morgan fingerprint density at radius 3 is 3.26 bits per heavy atom. The van der Waals surface area contributed by atoms with Crippen LogP contribution < -0.4 is 15.6 Å². The van der Waals surface area contributed by atoms with Gasteiger partial charge < -0.3 is 10.1 Å². The zero-order valence-corrected chi connectivity index (χ0v) is 13.5. The second-order valence-electron chi connectivity index (χ2n) is 5.77. The zero-order chi connectivity index (χ0) is 15.8. The maximum Gasteiger partial charge on any atom is 0.258 e. The fourth-order valence-electron chi connectivity index (χ4n) is 2.99. The average Bonchev–Trinajstić information content (AvgIpc) is 3.19. The van der Waals surface area contributed by atoms with E-state index >= 15 is 0 Å². The summed E-state index contributed by atoms with van der Waals surface area (Å²) >= 11 is 1.47. The van der Waals surface area contributed by atoms with E-state index in [1.807, 2.05) is 23.6 Å². The molecule has 2 atom stereocenters. The van der Waals surface area contributed by atoms with Gasteiger partial charge in [-0.05, 0) is 13.0 Å². The van der Waals surface area contributed by atoms with E-state index in [1.165, 1.54) is 16.9 Å². The summed E-state index contributed by atoms with van der Waals surface area (Å²) in [5.41, 5.74) is 1.99. The van der Waals surface area contributed by atoms with E-state index in [-0.39, 0.29) is 11.6 Å². The summed E-state index contributed by atoms with van der Waals surface area (Å²) in [6.45, 7) is 3.41. The molecule has 0 bridgehead atoms. The SMILES string of the molecule is C[C@H](NCc1cc(=O)n2ccsc2n1)[C@@H]1COc2ccccc21. The molecule has 3 heterocycles. The lowest BCUT2D eigenvalue weighted by atomic mass is 9.94. The van der Waals surface area contributed by atoms with Crippen LogP contribution in [0.4, 0.5) is 0 Å². The fourth-order valence-corrected chi connectivity index (χ4v) is 3.73. The molecule has 1 aliphatic rings. The van der Waals surface area contributed by atoms with Crippen molar-refractivity contribution >= 4 is 16.3 Å². The molecule has 0 unspecified atom stereocenters. The van der Waals surface area contributed by atoms with Gasteiger partial charge >= 0.3 is 0 Å². The van der Waals surface area contributed by atoms with Crippen molar-refractivity contribution in [3.05, 3.63) is 63.5 Å². The summed E-state index contributed by atoms with van der Waals surface area (Å²) in [5.74, 6) is 1.29. The summed E-state index contributed by atoms with van der Waals surface area (Å²) in [6.07, 6.45) is 1.75. The molecule has 3 aromatic rings. The third kappa shape index (κ3) is 2.64. The predicted octanol–water partition coefficient (Wildman–Crippen LogP) is 2.41.